The number of benzene rings is 3. The van der Waals surface area contributed by atoms with Crippen LogP contribution in [0, 0.1) is 0 Å². The third-order valence-corrected chi connectivity index (χ3v) is 8.40. The summed E-state index contributed by atoms with van der Waals surface area (Å²) in [6, 6.07) is 27.1. The Balaban J connectivity index is 1.35. The van der Waals surface area contributed by atoms with Crippen LogP contribution in [0.25, 0.3) is 0 Å². The van der Waals surface area contributed by atoms with E-state index in [2.05, 4.69) is 5.32 Å². The molecule has 38 heavy (non-hydrogen) atoms. The van der Waals surface area contributed by atoms with E-state index in [1.165, 1.54) is 11.8 Å². The zero-order chi connectivity index (χ0) is 26.5. The zero-order valence-corrected chi connectivity index (χ0v) is 22.5. The standard InChI is InChI=1S/C30H28N2O4S2/c1-37-18-23-19-38-29-25(31-24(33)17-20-11-5-2-6-12-20)28(34)32(29)26(23)30(35)36-27(21-13-7-3-8-14-21)22-15-9-4-10-16-22/h2-16,19,25-27,29H,17-18H2,1H3,(H,31,33)/t25-,26-,29+/m1/s1. The molecule has 3 aromatic carbocycles. The van der Waals surface area contributed by atoms with E-state index >= 15 is 0 Å². The van der Waals surface area contributed by atoms with E-state index in [-0.39, 0.29) is 23.6 Å². The fourth-order valence-electron chi connectivity index (χ4n) is 4.75. The Bertz CT molecular complexity index is 1280. The van der Waals surface area contributed by atoms with Gasteiger partial charge in [-0.05, 0) is 33.9 Å². The van der Waals surface area contributed by atoms with Gasteiger partial charge in [0, 0.05) is 5.75 Å². The fourth-order valence-corrected chi connectivity index (χ4v) is 6.66. The molecule has 2 heterocycles. The third-order valence-electron chi connectivity index (χ3n) is 6.56. The molecule has 3 aromatic rings. The summed E-state index contributed by atoms with van der Waals surface area (Å²) in [5.74, 6) is -0.374. The van der Waals surface area contributed by atoms with Crippen molar-refractivity contribution in [2.45, 2.75) is 30.0 Å². The lowest BCUT2D eigenvalue weighted by Gasteiger charge is -2.51. The zero-order valence-electron chi connectivity index (χ0n) is 20.9. The van der Waals surface area contributed by atoms with E-state index in [1.54, 1.807) is 16.7 Å². The molecule has 0 aliphatic carbocycles. The highest BCUT2D eigenvalue weighted by Crippen LogP contribution is 2.42. The Morgan fingerprint density at radius 3 is 2.11 bits per heavy atom. The number of nitrogens with one attached hydrogen (secondary N) is 1. The summed E-state index contributed by atoms with van der Waals surface area (Å²) >= 11 is 3.05. The Labute approximate surface area is 230 Å². The van der Waals surface area contributed by atoms with Crippen molar-refractivity contribution in [3.8, 4) is 0 Å². The van der Waals surface area contributed by atoms with E-state index in [0.717, 1.165) is 22.3 Å². The number of hydrogen-bond acceptors (Lipinski definition) is 6. The summed E-state index contributed by atoms with van der Waals surface area (Å²) in [6.45, 7) is 0. The molecule has 2 amide bonds. The summed E-state index contributed by atoms with van der Waals surface area (Å²) in [5, 5.41) is 4.46. The molecular weight excluding hydrogens is 516 g/mol. The normalized spacial score (nSPS) is 20.3. The highest BCUT2D eigenvalue weighted by atomic mass is 32.2. The summed E-state index contributed by atoms with van der Waals surface area (Å²) in [7, 11) is 0. The van der Waals surface area contributed by atoms with Gasteiger partial charge in [-0.2, -0.15) is 11.8 Å². The Kier molecular flexibility index (Phi) is 8.20. The molecule has 2 aliphatic rings. The van der Waals surface area contributed by atoms with Gasteiger partial charge in [-0.3, -0.25) is 9.59 Å². The maximum absolute atomic E-state index is 13.8. The van der Waals surface area contributed by atoms with Gasteiger partial charge in [0.2, 0.25) is 11.8 Å². The number of hydrogen-bond donors (Lipinski definition) is 1. The number of fused-ring (bicyclic) bond motifs is 1. The van der Waals surface area contributed by atoms with Crippen molar-refractivity contribution in [2.24, 2.45) is 0 Å². The molecule has 8 heteroatoms. The van der Waals surface area contributed by atoms with Crippen molar-refractivity contribution in [3.05, 3.63) is 119 Å². The SMILES string of the molecule is CSCC1=CS[C@H]2[C@H](NC(=O)Cc3ccccc3)C(=O)N2[C@H]1C(=O)OC(c1ccccc1)c1ccccc1. The molecule has 1 fully saturated rings. The van der Waals surface area contributed by atoms with E-state index in [0.29, 0.717) is 5.75 Å². The first-order valence-electron chi connectivity index (χ1n) is 12.4. The van der Waals surface area contributed by atoms with Gasteiger partial charge >= 0.3 is 5.97 Å². The number of thioether (sulfide) groups is 2. The Morgan fingerprint density at radius 1 is 0.947 bits per heavy atom. The van der Waals surface area contributed by atoms with Crippen molar-refractivity contribution >= 4 is 41.3 Å². The lowest BCUT2D eigenvalue weighted by Crippen LogP contribution is -2.74. The summed E-state index contributed by atoms with van der Waals surface area (Å²) < 4.78 is 6.16. The van der Waals surface area contributed by atoms with E-state index < -0.39 is 24.2 Å². The maximum Gasteiger partial charge on any atom is 0.334 e. The lowest BCUT2D eigenvalue weighted by molar-refractivity contribution is -0.165. The smallest absolute Gasteiger partial charge is 0.334 e. The molecule has 3 atom stereocenters. The number of carbonyl (C=O) groups is 3. The molecule has 6 nitrogen and oxygen atoms in total. The topological polar surface area (TPSA) is 75.7 Å². The van der Waals surface area contributed by atoms with Gasteiger partial charge < -0.3 is 15.0 Å². The number of carbonyl (C=O) groups excluding carboxylic acids is 3. The van der Waals surface area contributed by atoms with Gasteiger partial charge in [0.1, 0.15) is 11.4 Å². The number of amides is 2. The molecule has 1 N–H and O–H groups in total. The quantitative estimate of drug-likeness (QED) is 0.314. The number of esters is 1. The van der Waals surface area contributed by atoms with Gasteiger partial charge in [-0.15, -0.1) is 11.8 Å². The van der Waals surface area contributed by atoms with Gasteiger partial charge in [-0.1, -0.05) is 91.0 Å². The molecule has 0 bridgehead atoms. The van der Waals surface area contributed by atoms with Crippen LogP contribution in [0.4, 0.5) is 0 Å². The van der Waals surface area contributed by atoms with Gasteiger partial charge in [0.25, 0.3) is 0 Å². The monoisotopic (exact) mass is 544 g/mol. The number of β-lactam (4-membered cyclic amide) rings is 1. The van der Waals surface area contributed by atoms with Crippen LogP contribution < -0.4 is 5.32 Å². The highest BCUT2D eigenvalue weighted by Gasteiger charge is 2.56. The summed E-state index contributed by atoms with van der Waals surface area (Å²) in [5.41, 5.74) is 3.41. The van der Waals surface area contributed by atoms with Crippen LogP contribution >= 0.6 is 23.5 Å². The minimum Gasteiger partial charge on any atom is -0.451 e. The molecule has 0 radical (unpaired) electrons. The Morgan fingerprint density at radius 2 is 1.53 bits per heavy atom. The van der Waals surface area contributed by atoms with Crippen molar-refractivity contribution < 1.29 is 19.1 Å². The summed E-state index contributed by atoms with van der Waals surface area (Å²) in [6.07, 6.45) is 1.55. The summed E-state index contributed by atoms with van der Waals surface area (Å²) in [4.78, 5) is 41.4. The second-order valence-corrected chi connectivity index (χ2v) is 11.0. The van der Waals surface area contributed by atoms with Crippen molar-refractivity contribution in [1.29, 1.82) is 0 Å². The average molecular weight is 545 g/mol. The second-order valence-electron chi connectivity index (χ2n) is 9.15. The molecule has 194 valence electrons. The largest absolute Gasteiger partial charge is 0.451 e. The first-order valence-corrected chi connectivity index (χ1v) is 14.7. The lowest BCUT2D eigenvalue weighted by atomic mass is 9.97. The van der Waals surface area contributed by atoms with Crippen molar-refractivity contribution in [3.63, 3.8) is 0 Å². The predicted molar refractivity (Wildman–Crippen MR) is 151 cm³/mol. The van der Waals surface area contributed by atoms with E-state index in [9.17, 15) is 14.4 Å². The first kappa shape index (κ1) is 26.1. The average Bonchev–Trinajstić information content (AvgIpc) is 2.96. The number of rotatable bonds is 9. The minimum atomic E-state index is -0.835. The third kappa shape index (κ3) is 5.51. The van der Waals surface area contributed by atoms with Crippen LogP contribution in [-0.2, 0) is 25.5 Å². The van der Waals surface area contributed by atoms with Crippen molar-refractivity contribution in [2.75, 3.05) is 12.0 Å². The molecule has 2 aliphatic heterocycles. The molecule has 0 unspecified atom stereocenters. The number of nitrogens with zero attached hydrogens (tertiary/aromatic N) is 1. The molecule has 0 spiro atoms. The van der Waals surface area contributed by atoms with E-state index in [1.807, 2.05) is 103 Å². The van der Waals surface area contributed by atoms with Gasteiger partial charge in [-0.25, -0.2) is 4.79 Å². The van der Waals surface area contributed by atoms with Gasteiger partial charge in [0.15, 0.2) is 12.1 Å². The molecular formula is C30H28N2O4S2. The molecule has 0 saturated carbocycles. The minimum absolute atomic E-state index is 0.191. The van der Waals surface area contributed by atoms with E-state index in [4.69, 9.17) is 4.74 Å². The molecule has 0 aromatic heterocycles. The van der Waals surface area contributed by atoms with Crippen LogP contribution in [0.5, 0.6) is 0 Å². The second kappa shape index (κ2) is 11.9. The van der Waals surface area contributed by atoms with Crippen molar-refractivity contribution in [1.82, 2.24) is 10.2 Å². The van der Waals surface area contributed by atoms with Crippen LogP contribution in [0.2, 0.25) is 0 Å². The van der Waals surface area contributed by atoms with Gasteiger partial charge in [0.05, 0.1) is 6.42 Å². The maximum atomic E-state index is 13.8. The van der Waals surface area contributed by atoms with Crippen LogP contribution in [0.1, 0.15) is 22.8 Å². The number of ether oxygens (including phenoxy) is 1. The molecule has 1 saturated heterocycles. The highest BCUT2D eigenvalue weighted by molar-refractivity contribution is 8.03. The predicted octanol–water partition coefficient (Wildman–Crippen LogP) is 4.58. The van der Waals surface area contributed by atoms with Crippen LogP contribution in [0.15, 0.2) is 102 Å². The Hall–Kier alpha value is -3.49. The fraction of sp³-hybridized carbons (Fsp3) is 0.233. The van der Waals surface area contributed by atoms with Crippen LogP contribution in [0.3, 0.4) is 0 Å². The molecule has 5 rings (SSSR count). The first-order chi connectivity index (χ1) is 18.6. The van der Waals surface area contributed by atoms with Crippen LogP contribution in [-0.4, -0.2) is 52.1 Å².